The van der Waals surface area contributed by atoms with Gasteiger partial charge in [-0.05, 0) is 44.9 Å². The first kappa shape index (κ1) is 14.3. The SMILES string of the molecule is CC1CCC(CN)(N2CCOC(C)(C)C2)C(C)C1. The summed E-state index contributed by atoms with van der Waals surface area (Å²) in [6.07, 6.45) is 3.89. The summed E-state index contributed by atoms with van der Waals surface area (Å²) in [5.41, 5.74) is 6.40. The third-order valence-corrected chi connectivity index (χ3v) is 5.15. The lowest BCUT2D eigenvalue weighted by Gasteiger charge is -2.55. The molecule has 0 aromatic heterocycles. The molecule has 3 unspecified atom stereocenters. The number of rotatable bonds is 2. The maximum atomic E-state index is 6.21. The van der Waals surface area contributed by atoms with Gasteiger partial charge in [-0.1, -0.05) is 13.8 Å². The highest BCUT2D eigenvalue weighted by atomic mass is 16.5. The van der Waals surface area contributed by atoms with Crippen molar-refractivity contribution >= 4 is 0 Å². The highest BCUT2D eigenvalue weighted by Crippen LogP contribution is 2.41. The molecule has 1 aliphatic heterocycles. The number of ether oxygens (including phenoxy) is 1. The van der Waals surface area contributed by atoms with E-state index in [1.807, 2.05) is 0 Å². The first-order valence-electron chi connectivity index (χ1n) is 7.49. The Balaban J connectivity index is 2.16. The molecule has 0 bridgehead atoms. The molecule has 3 heteroatoms. The Kier molecular flexibility index (Phi) is 4.05. The molecule has 106 valence electrons. The van der Waals surface area contributed by atoms with E-state index in [0.29, 0.717) is 5.92 Å². The molecule has 0 radical (unpaired) electrons. The zero-order chi connectivity index (χ0) is 13.4. The molecule has 0 spiro atoms. The second-order valence-corrected chi connectivity index (χ2v) is 7.12. The molecule has 2 N–H and O–H groups in total. The summed E-state index contributed by atoms with van der Waals surface area (Å²) < 4.78 is 5.85. The van der Waals surface area contributed by atoms with Crippen LogP contribution in [0.3, 0.4) is 0 Å². The fourth-order valence-electron chi connectivity index (χ4n) is 3.98. The summed E-state index contributed by atoms with van der Waals surface area (Å²) in [6, 6.07) is 0. The summed E-state index contributed by atoms with van der Waals surface area (Å²) >= 11 is 0. The number of nitrogens with zero attached hydrogens (tertiary/aromatic N) is 1. The minimum Gasteiger partial charge on any atom is -0.373 e. The van der Waals surface area contributed by atoms with Crippen LogP contribution in [0.4, 0.5) is 0 Å². The van der Waals surface area contributed by atoms with E-state index in [1.54, 1.807) is 0 Å². The van der Waals surface area contributed by atoms with Crippen molar-refractivity contribution in [2.45, 2.75) is 58.1 Å². The van der Waals surface area contributed by atoms with Crippen LogP contribution in [-0.2, 0) is 4.74 Å². The fraction of sp³-hybridized carbons (Fsp3) is 1.00. The van der Waals surface area contributed by atoms with Crippen LogP contribution in [0.1, 0.15) is 47.0 Å². The van der Waals surface area contributed by atoms with E-state index in [1.165, 1.54) is 19.3 Å². The van der Waals surface area contributed by atoms with Gasteiger partial charge < -0.3 is 10.5 Å². The van der Waals surface area contributed by atoms with Gasteiger partial charge >= 0.3 is 0 Å². The summed E-state index contributed by atoms with van der Waals surface area (Å²) in [5, 5.41) is 0. The highest BCUT2D eigenvalue weighted by Gasteiger charge is 2.46. The van der Waals surface area contributed by atoms with E-state index < -0.39 is 0 Å². The average molecular weight is 254 g/mol. The van der Waals surface area contributed by atoms with Crippen LogP contribution in [0.5, 0.6) is 0 Å². The lowest BCUT2D eigenvalue weighted by Crippen LogP contribution is -2.65. The van der Waals surface area contributed by atoms with Crippen molar-refractivity contribution in [3.05, 3.63) is 0 Å². The van der Waals surface area contributed by atoms with Crippen LogP contribution in [0.2, 0.25) is 0 Å². The summed E-state index contributed by atoms with van der Waals surface area (Å²) in [4.78, 5) is 2.63. The predicted molar refractivity (Wildman–Crippen MR) is 75.6 cm³/mol. The molecule has 2 aliphatic rings. The van der Waals surface area contributed by atoms with Crippen molar-refractivity contribution in [3.63, 3.8) is 0 Å². The van der Waals surface area contributed by atoms with Crippen molar-refractivity contribution in [2.75, 3.05) is 26.2 Å². The maximum Gasteiger partial charge on any atom is 0.0753 e. The van der Waals surface area contributed by atoms with Crippen LogP contribution < -0.4 is 5.73 Å². The Hall–Kier alpha value is -0.120. The molecule has 1 saturated carbocycles. The highest BCUT2D eigenvalue weighted by molar-refractivity contribution is 5.01. The van der Waals surface area contributed by atoms with Crippen LogP contribution in [0.15, 0.2) is 0 Å². The topological polar surface area (TPSA) is 38.5 Å². The lowest BCUT2D eigenvalue weighted by molar-refractivity contribution is -0.133. The summed E-state index contributed by atoms with van der Waals surface area (Å²) in [5.74, 6) is 1.55. The smallest absolute Gasteiger partial charge is 0.0753 e. The van der Waals surface area contributed by atoms with Crippen molar-refractivity contribution in [2.24, 2.45) is 17.6 Å². The second kappa shape index (κ2) is 5.10. The van der Waals surface area contributed by atoms with E-state index in [0.717, 1.165) is 32.2 Å². The van der Waals surface area contributed by atoms with E-state index in [2.05, 4.69) is 32.6 Å². The van der Waals surface area contributed by atoms with E-state index in [4.69, 9.17) is 10.5 Å². The monoisotopic (exact) mass is 254 g/mol. The summed E-state index contributed by atoms with van der Waals surface area (Å²) in [6.45, 7) is 12.8. The van der Waals surface area contributed by atoms with Gasteiger partial charge in [-0.3, -0.25) is 4.90 Å². The van der Waals surface area contributed by atoms with Gasteiger partial charge in [-0.25, -0.2) is 0 Å². The predicted octanol–water partition coefficient (Wildman–Crippen LogP) is 2.25. The average Bonchev–Trinajstić information content (AvgIpc) is 2.28. The zero-order valence-corrected chi connectivity index (χ0v) is 12.5. The number of hydrogen-bond donors (Lipinski definition) is 1. The lowest BCUT2D eigenvalue weighted by atomic mass is 9.68. The maximum absolute atomic E-state index is 6.21. The zero-order valence-electron chi connectivity index (χ0n) is 12.5. The first-order valence-corrected chi connectivity index (χ1v) is 7.49. The van der Waals surface area contributed by atoms with E-state index in [9.17, 15) is 0 Å². The fourth-order valence-corrected chi connectivity index (χ4v) is 3.98. The minimum atomic E-state index is -0.0246. The van der Waals surface area contributed by atoms with Gasteiger partial charge in [0, 0.05) is 25.2 Å². The molecule has 0 amide bonds. The molecule has 0 aromatic rings. The van der Waals surface area contributed by atoms with Crippen LogP contribution in [-0.4, -0.2) is 42.3 Å². The molecule has 3 nitrogen and oxygen atoms in total. The van der Waals surface area contributed by atoms with Gasteiger partial charge in [0.2, 0.25) is 0 Å². The molecular formula is C15H30N2O. The van der Waals surface area contributed by atoms with Gasteiger partial charge in [0.1, 0.15) is 0 Å². The van der Waals surface area contributed by atoms with Crippen molar-refractivity contribution in [1.82, 2.24) is 4.90 Å². The Morgan fingerprint density at radius 2 is 2.06 bits per heavy atom. The first-order chi connectivity index (χ1) is 8.39. The standard InChI is InChI=1S/C15H30N2O/c1-12-5-6-15(10-16,13(2)9-12)17-7-8-18-14(3,4)11-17/h12-13H,5-11,16H2,1-4H3. The molecule has 2 rings (SSSR count). The Morgan fingerprint density at radius 3 is 2.61 bits per heavy atom. The third-order valence-electron chi connectivity index (χ3n) is 5.15. The number of morpholine rings is 1. The Labute approximate surface area is 112 Å². The third kappa shape index (κ3) is 2.59. The quantitative estimate of drug-likeness (QED) is 0.821. The van der Waals surface area contributed by atoms with E-state index >= 15 is 0 Å². The second-order valence-electron chi connectivity index (χ2n) is 7.12. The molecule has 3 atom stereocenters. The number of hydrogen-bond acceptors (Lipinski definition) is 3. The van der Waals surface area contributed by atoms with E-state index in [-0.39, 0.29) is 11.1 Å². The van der Waals surface area contributed by atoms with Gasteiger partial charge in [-0.2, -0.15) is 0 Å². The normalized spacial score (nSPS) is 41.8. The largest absolute Gasteiger partial charge is 0.373 e. The van der Waals surface area contributed by atoms with Gasteiger partial charge in [0.05, 0.1) is 12.2 Å². The Morgan fingerprint density at radius 1 is 1.33 bits per heavy atom. The molecule has 1 heterocycles. The molecule has 1 aliphatic carbocycles. The van der Waals surface area contributed by atoms with Gasteiger partial charge in [0.15, 0.2) is 0 Å². The van der Waals surface area contributed by atoms with Crippen molar-refractivity contribution < 1.29 is 4.74 Å². The molecule has 18 heavy (non-hydrogen) atoms. The molecule has 1 saturated heterocycles. The summed E-state index contributed by atoms with van der Waals surface area (Å²) in [7, 11) is 0. The van der Waals surface area contributed by atoms with Crippen LogP contribution in [0, 0.1) is 11.8 Å². The number of nitrogens with two attached hydrogens (primary N) is 1. The Bertz CT molecular complexity index is 292. The van der Waals surface area contributed by atoms with Crippen molar-refractivity contribution in [1.29, 1.82) is 0 Å². The van der Waals surface area contributed by atoms with Crippen molar-refractivity contribution in [3.8, 4) is 0 Å². The minimum absolute atomic E-state index is 0.0246. The molecule has 2 fully saturated rings. The molecule has 0 aromatic carbocycles. The van der Waals surface area contributed by atoms with Crippen LogP contribution >= 0.6 is 0 Å². The van der Waals surface area contributed by atoms with Gasteiger partial charge in [-0.15, -0.1) is 0 Å². The van der Waals surface area contributed by atoms with Crippen LogP contribution in [0.25, 0.3) is 0 Å². The molecular weight excluding hydrogens is 224 g/mol. The van der Waals surface area contributed by atoms with Gasteiger partial charge in [0.25, 0.3) is 0 Å².